The topological polar surface area (TPSA) is 89.8 Å². The fourth-order valence-electron chi connectivity index (χ4n) is 2.94. The lowest BCUT2D eigenvalue weighted by Gasteiger charge is -2.36. The van der Waals surface area contributed by atoms with Gasteiger partial charge in [0.25, 0.3) is 5.69 Å². The highest BCUT2D eigenvalue weighted by Gasteiger charge is 2.35. The summed E-state index contributed by atoms with van der Waals surface area (Å²) in [7, 11) is -3.69. The minimum Gasteiger partial charge on any atom is -0.363 e. The van der Waals surface area contributed by atoms with E-state index in [-0.39, 0.29) is 23.7 Å². The molecule has 0 aromatic heterocycles. The lowest BCUT2D eigenvalue weighted by Crippen LogP contribution is -2.46. The molecule has 1 aliphatic rings. The van der Waals surface area contributed by atoms with Gasteiger partial charge in [-0.15, -0.1) is 6.58 Å². The second kappa shape index (κ2) is 7.59. The molecule has 142 valence electrons. The Bertz CT molecular complexity index is 939. The number of sulfonamides is 1. The molecule has 0 saturated carbocycles. The molecular formula is C19H20N2O5S. The van der Waals surface area contributed by atoms with Gasteiger partial charge in [0.05, 0.1) is 22.0 Å². The van der Waals surface area contributed by atoms with Gasteiger partial charge in [-0.3, -0.25) is 10.1 Å². The zero-order chi connectivity index (χ0) is 19.6. The predicted octanol–water partition coefficient (Wildman–Crippen LogP) is 3.22. The van der Waals surface area contributed by atoms with E-state index in [1.807, 2.05) is 6.92 Å². The molecule has 0 amide bonds. The summed E-state index contributed by atoms with van der Waals surface area (Å²) < 4.78 is 33.3. The molecule has 3 rings (SSSR count). The summed E-state index contributed by atoms with van der Waals surface area (Å²) in [6, 6.07) is 12.6. The van der Waals surface area contributed by atoms with Crippen LogP contribution in [0.5, 0.6) is 0 Å². The third-order valence-electron chi connectivity index (χ3n) is 4.49. The lowest BCUT2D eigenvalue weighted by atomic mass is 10.1. The minimum absolute atomic E-state index is 0.0287. The van der Waals surface area contributed by atoms with Crippen LogP contribution in [0.15, 0.2) is 66.1 Å². The van der Waals surface area contributed by atoms with Gasteiger partial charge >= 0.3 is 0 Å². The number of aryl methyl sites for hydroxylation is 1. The number of hydrogen-bond donors (Lipinski definition) is 0. The van der Waals surface area contributed by atoms with Crippen LogP contribution >= 0.6 is 0 Å². The van der Waals surface area contributed by atoms with E-state index in [9.17, 15) is 18.5 Å². The normalized spacial score (nSPS) is 20.9. The van der Waals surface area contributed by atoms with E-state index in [0.717, 1.165) is 5.56 Å². The van der Waals surface area contributed by atoms with Gasteiger partial charge in [-0.1, -0.05) is 23.8 Å². The van der Waals surface area contributed by atoms with Gasteiger partial charge in [-0.2, -0.15) is 4.31 Å². The van der Waals surface area contributed by atoms with Crippen LogP contribution in [-0.4, -0.2) is 36.8 Å². The van der Waals surface area contributed by atoms with Crippen molar-refractivity contribution < 1.29 is 18.1 Å². The first-order valence-electron chi connectivity index (χ1n) is 8.40. The van der Waals surface area contributed by atoms with Gasteiger partial charge in [0.2, 0.25) is 10.0 Å². The monoisotopic (exact) mass is 388 g/mol. The van der Waals surface area contributed by atoms with E-state index in [4.69, 9.17) is 4.74 Å². The fraction of sp³-hybridized carbons (Fsp3) is 0.263. The third kappa shape index (κ3) is 4.08. The Morgan fingerprint density at radius 3 is 2.33 bits per heavy atom. The molecule has 0 N–H and O–H groups in total. The van der Waals surface area contributed by atoms with Crippen LogP contribution < -0.4 is 0 Å². The van der Waals surface area contributed by atoms with Crippen LogP contribution in [0, 0.1) is 17.0 Å². The van der Waals surface area contributed by atoms with E-state index in [1.54, 1.807) is 42.5 Å². The van der Waals surface area contributed by atoms with E-state index in [0.29, 0.717) is 5.56 Å². The summed E-state index contributed by atoms with van der Waals surface area (Å²) in [4.78, 5) is 10.6. The number of rotatable bonds is 5. The van der Waals surface area contributed by atoms with Crippen LogP contribution in [0.3, 0.4) is 0 Å². The molecule has 1 aliphatic heterocycles. The van der Waals surface area contributed by atoms with Crippen LogP contribution in [0.25, 0.3) is 0 Å². The van der Waals surface area contributed by atoms with Crippen LogP contribution in [-0.2, 0) is 14.8 Å². The summed E-state index contributed by atoms with van der Waals surface area (Å²) in [5.41, 5.74) is 1.62. The first-order valence-corrected chi connectivity index (χ1v) is 9.84. The second-order valence-corrected chi connectivity index (χ2v) is 8.32. The Kier molecular flexibility index (Phi) is 5.41. The van der Waals surface area contributed by atoms with Gasteiger partial charge in [0.15, 0.2) is 0 Å². The molecule has 8 heteroatoms. The Hall–Kier alpha value is -2.55. The van der Waals surface area contributed by atoms with Gasteiger partial charge in [-0.05, 0) is 36.8 Å². The molecule has 1 saturated heterocycles. The Morgan fingerprint density at radius 2 is 1.78 bits per heavy atom. The number of morpholine rings is 1. The number of nitro groups is 1. The van der Waals surface area contributed by atoms with Gasteiger partial charge < -0.3 is 4.74 Å². The van der Waals surface area contributed by atoms with Crippen molar-refractivity contribution >= 4 is 15.7 Å². The number of nitrogens with zero attached hydrogens (tertiary/aromatic N) is 2. The molecule has 1 fully saturated rings. The number of benzene rings is 2. The SMILES string of the molecule is C=C[C@@H]1CN(S(=O)(=O)c2ccc(C)cc2)C[C@H](c2ccc([N+](=O)[O-])cc2)O1. The summed E-state index contributed by atoms with van der Waals surface area (Å²) in [5, 5.41) is 10.8. The van der Waals surface area contributed by atoms with E-state index < -0.39 is 27.2 Å². The Morgan fingerprint density at radius 1 is 1.15 bits per heavy atom. The average molecular weight is 388 g/mol. The smallest absolute Gasteiger partial charge is 0.269 e. The van der Waals surface area contributed by atoms with Crippen molar-refractivity contribution in [3.63, 3.8) is 0 Å². The average Bonchev–Trinajstić information content (AvgIpc) is 2.68. The van der Waals surface area contributed by atoms with Crippen LogP contribution in [0.2, 0.25) is 0 Å². The molecule has 2 aromatic carbocycles. The predicted molar refractivity (Wildman–Crippen MR) is 101 cm³/mol. The standard InChI is InChI=1S/C19H20N2O5S/c1-3-17-12-20(27(24,25)18-10-4-14(2)5-11-18)13-19(26-17)15-6-8-16(9-7-15)21(22)23/h3-11,17,19H,1,12-13H2,2H3/t17-,19-/m1/s1. The summed E-state index contributed by atoms with van der Waals surface area (Å²) in [6.07, 6.45) is 0.553. The van der Waals surface area contributed by atoms with E-state index in [2.05, 4.69) is 6.58 Å². The highest BCUT2D eigenvalue weighted by Crippen LogP contribution is 2.30. The zero-order valence-corrected chi connectivity index (χ0v) is 15.6. The minimum atomic E-state index is -3.69. The first-order chi connectivity index (χ1) is 12.8. The molecule has 0 aliphatic carbocycles. The Balaban J connectivity index is 1.89. The molecule has 7 nitrogen and oxygen atoms in total. The van der Waals surface area contributed by atoms with Crippen molar-refractivity contribution in [1.29, 1.82) is 0 Å². The second-order valence-electron chi connectivity index (χ2n) is 6.38. The van der Waals surface area contributed by atoms with Crippen molar-refractivity contribution in [1.82, 2.24) is 4.31 Å². The van der Waals surface area contributed by atoms with Crippen molar-refractivity contribution in [3.05, 3.63) is 82.4 Å². The molecule has 0 radical (unpaired) electrons. The van der Waals surface area contributed by atoms with Crippen LogP contribution in [0.4, 0.5) is 5.69 Å². The molecule has 2 atom stereocenters. The van der Waals surface area contributed by atoms with Gasteiger partial charge in [0.1, 0.15) is 0 Å². The fourth-order valence-corrected chi connectivity index (χ4v) is 4.39. The van der Waals surface area contributed by atoms with Crippen LogP contribution in [0.1, 0.15) is 17.2 Å². The number of hydrogen-bond acceptors (Lipinski definition) is 5. The number of nitro benzene ring substituents is 1. The quantitative estimate of drug-likeness (QED) is 0.446. The maximum absolute atomic E-state index is 13.0. The zero-order valence-electron chi connectivity index (χ0n) is 14.8. The summed E-state index contributed by atoms with van der Waals surface area (Å²) in [5.74, 6) is 0. The highest BCUT2D eigenvalue weighted by atomic mass is 32.2. The molecule has 2 aromatic rings. The Labute approximate surface area is 158 Å². The van der Waals surface area contributed by atoms with E-state index >= 15 is 0 Å². The first kappa shape index (κ1) is 19.2. The maximum Gasteiger partial charge on any atom is 0.269 e. The van der Waals surface area contributed by atoms with Crippen molar-refractivity contribution in [2.24, 2.45) is 0 Å². The molecule has 0 bridgehead atoms. The van der Waals surface area contributed by atoms with E-state index in [1.165, 1.54) is 16.4 Å². The van der Waals surface area contributed by atoms with Gasteiger partial charge in [0, 0.05) is 25.2 Å². The molecule has 1 heterocycles. The molecule has 0 unspecified atom stereocenters. The molecule has 0 spiro atoms. The number of ether oxygens (including phenoxy) is 1. The summed E-state index contributed by atoms with van der Waals surface area (Å²) >= 11 is 0. The summed E-state index contributed by atoms with van der Waals surface area (Å²) in [6.45, 7) is 5.90. The lowest BCUT2D eigenvalue weighted by molar-refractivity contribution is -0.384. The highest BCUT2D eigenvalue weighted by molar-refractivity contribution is 7.89. The van der Waals surface area contributed by atoms with Gasteiger partial charge in [-0.25, -0.2) is 8.42 Å². The molecular weight excluding hydrogens is 368 g/mol. The maximum atomic E-state index is 13.0. The van der Waals surface area contributed by atoms with Crippen molar-refractivity contribution in [2.75, 3.05) is 13.1 Å². The third-order valence-corrected chi connectivity index (χ3v) is 6.34. The molecule has 27 heavy (non-hydrogen) atoms. The largest absolute Gasteiger partial charge is 0.363 e. The number of non-ortho nitro benzene ring substituents is 1. The van der Waals surface area contributed by atoms with Crippen molar-refractivity contribution in [2.45, 2.75) is 24.0 Å². The van der Waals surface area contributed by atoms with Crippen molar-refractivity contribution in [3.8, 4) is 0 Å².